The lowest BCUT2D eigenvalue weighted by Gasteiger charge is -2.28. The molecule has 26 heavy (non-hydrogen) atoms. The van der Waals surface area contributed by atoms with Gasteiger partial charge in [0, 0.05) is 18.7 Å². The van der Waals surface area contributed by atoms with Gasteiger partial charge in [-0.3, -0.25) is 4.79 Å². The summed E-state index contributed by atoms with van der Waals surface area (Å²) in [7, 11) is 1.34. The third-order valence-electron chi connectivity index (χ3n) is 5.39. The average molecular weight is 361 g/mol. The zero-order valence-corrected chi connectivity index (χ0v) is 15.3. The van der Waals surface area contributed by atoms with Crippen molar-refractivity contribution in [3.05, 3.63) is 28.8 Å². The molecule has 0 atom stereocenters. The molecule has 0 bridgehead atoms. The molecule has 2 fully saturated rings. The van der Waals surface area contributed by atoms with Crippen molar-refractivity contribution in [1.82, 2.24) is 4.90 Å². The van der Waals surface area contributed by atoms with Crippen LogP contribution in [0.25, 0.3) is 0 Å². The summed E-state index contributed by atoms with van der Waals surface area (Å²) < 4.78 is 10.1. The molecule has 0 spiro atoms. The Balaban J connectivity index is 1.89. The van der Waals surface area contributed by atoms with E-state index in [4.69, 9.17) is 9.47 Å². The summed E-state index contributed by atoms with van der Waals surface area (Å²) >= 11 is 0. The van der Waals surface area contributed by atoms with Crippen molar-refractivity contribution in [2.75, 3.05) is 33.4 Å². The van der Waals surface area contributed by atoms with Gasteiger partial charge in [-0.2, -0.15) is 0 Å². The van der Waals surface area contributed by atoms with Crippen molar-refractivity contribution < 1.29 is 24.2 Å². The third-order valence-corrected chi connectivity index (χ3v) is 5.39. The lowest BCUT2D eigenvalue weighted by Crippen LogP contribution is -2.41. The number of nitrogens with zero attached hydrogens (tertiary/aromatic N) is 1. The van der Waals surface area contributed by atoms with Gasteiger partial charge in [0.25, 0.3) is 0 Å². The highest BCUT2D eigenvalue weighted by Crippen LogP contribution is 2.39. The second kappa shape index (κ2) is 8.54. The molecule has 1 N–H and O–H groups in total. The Morgan fingerprint density at radius 2 is 1.88 bits per heavy atom. The van der Waals surface area contributed by atoms with E-state index >= 15 is 0 Å². The van der Waals surface area contributed by atoms with Crippen molar-refractivity contribution in [3.63, 3.8) is 0 Å². The average Bonchev–Trinajstić information content (AvgIpc) is 2.70. The van der Waals surface area contributed by atoms with Crippen LogP contribution in [0.3, 0.4) is 0 Å². The van der Waals surface area contributed by atoms with Gasteiger partial charge in [0.15, 0.2) is 0 Å². The van der Waals surface area contributed by atoms with Gasteiger partial charge in [-0.05, 0) is 36.5 Å². The maximum absolute atomic E-state index is 12.6. The molecule has 1 aromatic rings. The number of phenols is 1. The SMILES string of the molecule is COC(=O)c1cc(CC(=O)N2CCOCC2)c(O)c(C2CCCCC2)c1. The van der Waals surface area contributed by atoms with Crippen LogP contribution >= 0.6 is 0 Å². The molecule has 6 nitrogen and oxygen atoms in total. The minimum absolute atomic E-state index is 0.0554. The lowest BCUT2D eigenvalue weighted by molar-refractivity contribution is -0.134. The van der Waals surface area contributed by atoms with Crippen molar-refractivity contribution in [2.24, 2.45) is 0 Å². The fourth-order valence-corrected chi connectivity index (χ4v) is 3.90. The van der Waals surface area contributed by atoms with Gasteiger partial charge >= 0.3 is 5.97 Å². The maximum atomic E-state index is 12.6. The first-order chi connectivity index (χ1) is 12.6. The highest BCUT2D eigenvalue weighted by molar-refractivity contribution is 5.91. The number of rotatable bonds is 4. The van der Waals surface area contributed by atoms with E-state index in [2.05, 4.69) is 0 Å². The van der Waals surface area contributed by atoms with E-state index in [0.717, 1.165) is 31.2 Å². The predicted octanol–water partition coefficient (Wildman–Crippen LogP) is 2.63. The molecule has 142 valence electrons. The van der Waals surface area contributed by atoms with Crippen molar-refractivity contribution in [1.29, 1.82) is 0 Å². The number of hydrogen-bond donors (Lipinski definition) is 1. The molecular weight excluding hydrogens is 334 g/mol. The van der Waals surface area contributed by atoms with Crippen LogP contribution in [0.2, 0.25) is 0 Å². The Bertz CT molecular complexity index is 660. The molecule has 1 heterocycles. The van der Waals surface area contributed by atoms with Gasteiger partial charge < -0.3 is 19.5 Å². The standard InChI is InChI=1S/C20H27NO5/c1-25-20(24)16-11-15(13-18(22)21-7-9-26-10-8-21)19(23)17(12-16)14-5-3-2-4-6-14/h11-12,14,23H,2-10,13H2,1H3. The quantitative estimate of drug-likeness (QED) is 0.835. The van der Waals surface area contributed by atoms with Gasteiger partial charge in [0.05, 0.1) is 32.3 Å². The predicted molar refractivity (Wildman–Crippen MR) is 96.4 cm³/mol. The summed E-state index contributed by atoms with van der Waals surface area (Å²) in [6, 6.07) is 3.33. The van der Waals surface area contributed by atoms with Crippen LogP contribution < -0.4 is 0 Å². The number of carbonyl (C=O) groups excluding carboxylic acids is 2. The van der Waals surface area contributed by atoms with E-state index in [0.29, 0.717) is 37.4 Å². The van der Waals surface area contributed by atoms with E-state index < -0.39 is 5.97 Å². The number of methoxy groups -OCH3 is 1. The molecule has 0 radical (unpaired) electrons. The molecule has 0 aromatic heterocycles. The fourth-order valence-electron chi connectivity index (χ4n) is 3.90. The first kappa shape index (κ1) is 18.7. The summed E-state index contributed by atoms with van der Waals surface area (Å²) in [5.74, 6) is -0.112. The largest absolute Gasteiger partial charge is 0.507 e. The molecular formula is C20H27NO5. The summed E-state index contributed by atoms with van der Waals surface area (Å²) in [4.78, 5) is 26.4. The van der Waals surface area contributed by atoms with Crippen molar-refractivity contribution in [2.45, 2.75) is 44.4 Å². The second-order valence-electron chi connectivity index (χ2n) is 7.07. The van der Waals surface area contributed by atoms with Crippen LogP contribution in [-0.4, -0.2) is 55.3 Å². The monoisotopic (exact) mass is 361 g/mol. The summed E-state index contributed by atoms with van der Waals surface area (Å²) in [6.45, 7) is 2.19. The van der Waals surface area contributed by atoms with Crippen LogP contribution in [0, 0.1) is 0 Å². The fraction of sp³-hybridized carbons (Fsp3) is 0.600. The summed E-state index contributed by atoms with van der Waals surface area (Å²) in [5, 5.41) is 10.8. The van der Waals surface area contributed by atoms with Gasteiger partial charge in [0.1, 0.15) is 5.75 Å². The zero-order chi connectivity index (χ0) is 18.5. The molecule has 0 unspecified atom stereocenters. The molecule has 1 aromatic carbocycles. The van der Waals surface area contributed by atoms with E-state index in [1.54, 1.807) is 17.0 Å². The molecule has 1 aliphatic heterocycles. The van der Waals surface area contributed by atoms with Crippen LogP contribution in [0.1, 0.15) is 59.5 Å². The third kappa shape index (κ3) is 4.18. The smallest absolute Gasteiger partial charge is 0.337 e. The molecule has 1 saturated heterocycles. The lowest BCUT2D eigenvalue weighted by atomic mass is 9.82. The number of amides is 1. The number of esters is 1. The Labute approximate surface area is 154 Å². The molecule has 1 amide bonds. The first-order valence-electron chi connectivity index (χ1n) is 9.39. The van der Waals surface area contributed by atoms with Crippen molar-refractivity contribution in [3.8, 4) is 5.75 Å². The second-order valence-corrected chi connectivity index (χ2v) is 7.07. The van der Waals surface area contributed by atoms with Gasteiger partial charge in [-0.1, -0.05) is 19.3 Å². The number of hydrogen-bond acceptors (Lipinski definition) is 5. The normalized spacial score (nSPS) is 18.6. The number of aromatic hydroxyl groups is 1. The van der Waals surface area contributed by atoms with E-state index in [1.807, 2.05) is 0 Å². The van der Waals surface area contributed by atoms with E-state index in [9.17, 15) is 14.7 Å². The number of phenolic OH excluding ortho intramolecular Hbond substituents is 1. The van der Waals surface area contributed by atoms with Crippen LogP contribution in [0.5, 0.6) is 5.75 Å². The van der Waals surface area contributed by atoms with Crippen LogP contribution in [0.15, 0.2) is 12.1 Å². The minimum atomic E-state index is -0.442. The van der Waals surface area contributed by atoms with Crippen molar-refractivity contribution >= 4 is 11.9 Å². The van der Waals surface area contributed by atoms with E-state index in [-0.39, 0.29) is 24.0 Å². The van der Waals surface area contributed by atoms with Gasteiger partial charge in [-0.25, -0.2) is 4.79 Å². The Hall–Kier alpha value is -2.08. The van der Waals surface area contributed by atoms with E-state index in [1.165, 1.54) is 13.5 Å². The number of carbonyl (C=O) groups is 2. The molecule has 3 rings (SSSR count). The van der Waals surface area contributed by atoms with Gasteiger partial charge in [-0.15, -0.1) is 0 Å². The van der Waals surface area contributed by atoms with Crippen LogP contribution in [0.4, 0.5) is 0 Å². The maximum Gasteiger partial charge on any atom is 0.337 e. The molecule has 6 heteroatoms. The summed E-state index contributed by atoms with van der Waals surface area (Å²) in [6.07, 6.45) is 5.51. The first-order valence-corrected chi connectivity index (χ1v) is 9.39. The highest BCUT2D eigenvalue weighted by atomic mass is 16.5. The number of benzene rings is 1. The minimum Gasteiger partial charge on any atom is -0.507 e. The Morgan fingerprint density at radius 3 is 2.54 bits per heavy atom. The molecule has 2 aliphatic rings. The molecule has 1 aliphatic carbocycles. The van der Waals surface area contributed by atoms with Crippen LogP contribution in [-0.2, 0) is 20.7 Å². The topological polar surface area (TPSA) is 76.1 Å². The highest BCUT2D eigenvalue weighted by Gasteiger charge is 2.25. The Morgan fingerprint density at radius 1 is 1.19 bits per heavy atom. The van der Waals surface area contributed by atoms with Gasteiger partial charge in [0.2, 0.25) is 5.91 Å². The Kier molecular flexibility index (Phi) is 6.14. The summed E-state index contributed by atoms with van der Waals surface area (Å²) in [5.41, 5.74) is 1.68. The molecule has 1 saturated carbocycles. The zero-order valence-electron chi connectivity index (χ0n) is 15.3. The number of ether oxygens (including phenoxy) is 2. The number of morpholine rings is 1.